The van der Waals surface area contributed by atoms with E-state index < -0.39 is 0 Å². The maximum absolute atomic E-state index is 2.26. The fourth-order valence-corrected chi connectivity index (χ4v) is 0.953. The molecule has 1 atom stereocenters. The van der Waals surface area contributed by atoms with E-state index in [2.05, 4.69) is 38.5 Å². The SMILES string of the molecule is CCC(C)C1=C[CH]C=C1. The van der Waals surface area contributed by atoms with Gasteiger partial charge in [-0.15, -0.1) is 0 Å². The molecule has 1 unspecified atom stereocenters. The fraction of sp³-hybridized carbons (Fsp3) is 0.444. The van der Waals surface area contributed by atoms with Gasteiger partial charge in [0.15, 0.2) is 0 Å². The Morgan fingerprint density at radius 3 is 2.78 bits per heavy atom. The average Bonchev–Trinajstić information content (AvgIpc) is 2.37. The summed E-state index contributed by atoms with van der Waals surface area (Å²) < 4.78 is 0. The van der Waals surface area contributed by atoms with Gasteiger partial charge in [-0.2, -0.15) is 0 Å². The summed E-state index contributed by atoms with van der Waals surface area (Å²) in [6, 6.07) is 0. The monoisotopic (exact) mass is 121 g/mol. The quantitative estimate of drug-likeness (QED) is 0.527. The van der Waals surface area contributed by atoms with Crippen LogP contribution in [0.25, 0.3) is 0 Å². The van der Waals surface area contributed by atoms with Crippen LogP contribution < -0.4 is 0 Å². The second-order valence-electron chi connectivity index (χ2n) is 2.53. The van der Waals surface area contributed by atoms with Crippen LogP contribution in [0.2, 0.25) is 0 Å². The van der Waals surface area contributed by atoms with Crippen molar-refractivity contribution in [1.82, 2.24) is 0 Å². The third-order valence-electron chi connectivity index (χ3n) is 1.87. The van der Waals surface area contributed by atoms with Crippen molar-refractivity contribution in [2.45, 2.75) is 20.3 Å². The highest BCUT2D eigenvalue weighted by molar-refractivity contribution is 5.34. The van der Waals surface area contributed by atoms with Crippen molar-refractivity contribution in [2.75, 3.05) is 0 Å². The average molecular weight is 121 g/mol. The van der Waals surface area contributed by atoms with Crippen LogP contribution in [-0.4, -0.2) is 0 Å². The number of hydrogen-bond donors (Lipinski definition) is 0. The Bertz CT molecular complexity index is 140. The molecule has 0 nitrogen and oxygen atoms in total. The van der Waals surface area contributed by atoms with E-state index in [1.54, 1.807) is 0 Å². The Morgan fingerprint density at radius 1 is 1.56 bits per heavy atom. The number of allylic oxidation sites excluding steroid dienone is 4. The largest absolute Gasteiger partial charge is 0.0764 e. The smallest absolute Gasteiger partial charge is 0.00536 e. The lowest BCUT2D eigenvalue weighted by molar-refractivity contribution is 0.672. The standard InChI is InChI=1S/C9H13/c1-3-8(2)9-6-4-5-7-9/h4-8H,3H2,1-2H3. The van der Waals surface area contributed by atoms with Crippen LogP contribution in [0.4, 0.5) is 0 Å². The molecule has 0 N–H and O–H groups in total. The Hall–Kier alpha value is -0.520. The van der Waals surface area contributed by atoms with E-state index in [-0.39, 0.29) is 0 Å². The molecular formula is C9H13. The van der Waals surface area contributed by atoms with Gasteiger partial charge >= 0.3 is 0 Å². The zero-order valence-corrected chi connectivity index (χ0v) is 6.09. The van der Waals surface area contributed by atoms with Crippen molar-refractivity contribution in [2.24, 2.45) is 5.92 Å². The van der Waals surface area contributed by atoms with E-state index in [1.165, 1.54) is 12.0 Å². The Balaban J connectivity index is 2.51. The first-order valence-corrected chi connectivity index (χ1v) is 3.56. The van der Waals surface area contributed by atoms with E-state index in [1.807, 2.05) is 0 Å². The molecule has 0 heterocycles. The minimum atomic E-state index is 0.736. The van der Waals surface area contributed by atoms with Gasteiger partial charge in [-0.3, -0.25) is 0 Å². The lowest BCUT2D eigenvalue weighted by Crippen LogP contribution is -1.91. The van der Waals surface area contributed by atoms with Gasteiger partial charge in [-0.25, -0.2) is 0 Å². The highest BCUT2D eigenvalue weighted by atomic mass is 14.1. The van der Waals surface area contributed by atoms with Crippen molar-refractivity contribution in [1.29, 1.82) is 0 Å². The van der Waals surface area contributed by atoms with E-state index in [0.717, 1.165) is 5.92 Å². The molecular weight excluding hydrogens is 108 g/mol. The topological polar surface area (TPSA) is 0 Å². The normalized spacial score (nSPS) is 20.0. The summed E-state index contributed by atoms with van der Waals surface area (Å²) in [5.41, 5.74) is 1.47. The van der Waals surface area contributed by atoms with Crippen LogP contribution in [0, 0.1) is 12.3 Å². The highest BCUT2D eigenvalue weighted by Gasteiger charge is 2.04. The zero-order valence-electron chi connectivity index (χ0n) is 6.09. The van der Waals surface area contributed by atoms with E-state index in [4.69, 9.17) is 0 Å². The van der Waals surface area contributed by atoms with Crippen LogP contribution in [0.5, 0.6) is 0 Å². The minimum absolute atomic E-state index is 0.736. The molecule has 1 rings (SSSR count). The van der Waals surface area contributed by atoms with Gasteiger partial charge in [0, 0.05) is 6.42 Å². The Morgan fingerprint density at radius 2 is 2.33 bits per heavy atom. The number of rotatable bonds is 2. The molecule has 49 valence electrons. The van der Waals surface area contributed by atoms with Crippen molar-refractivity contribution in [3.63, 3.8) is 0 Å². The van der Waals surface area contributed by atoms with Crippen molar-refractivity contribution in [3.05, 3.63) is 30.2 Å². The van der Waals surface area contributed by atoms with E-state index in [0.29, 0.717) is 0 Å². The first kappa shape index (κ1) is 6.60. The van der Waals surface area contributed by atoms with Gasteiger partial charge in [0.05, 0.1) is 0 Å². The summed E-state index contributed by atoms with van der Waals surface area (Å²) in [4.78, 5) is 0. The summed E-state index contributed by atoms with van der Waals surface area (Å²) in [6.07, 6.45) is 9.81. The van der Waals surface area contributed by atoms with Gasteiger partial charge < -0.3 is 0 Å². The zero-order chi connectivity index (χ0) is 6.69. The van der Waals surface area contributed by atoms with Crippen LogP contribution in [0.15, 0.2) is 23.8 Å². The predicted molar refractivity (Wildman–Crippen MR) is 41.0 cm³/mol. The minimum Gasteiger partial charge on any atom is -0.0764 e. The maximum atomic E-state index is 2.26. The lowest BCUT2D eigenvalue weighted by Gasteiger charge is -2.05. The molecule has 0 aliphatic heterocycles. The molecule has 0 fully saturated rings. The van der Waals surface area contributed by atoms with Crippen molar-refractivity contribution < 1.29 is 0 Å². The Kier molecular flexibility index (Phi) is 2.10. The summed E-state index contributed by atoms with van der Waals surface area (Å²) >= 11 is 0. The molecule has 0 bridgehead atoms. The molecule has 0 saturated carbocycles. The maximum Gasteiger partial charge on any atom is 0.00536 e. The first-order chi connectivity index (χ1) is 4.34. The van der Waals surface area contributed by atoms with Gasteiger partial charge in [-0.1, -0.05) is 32.1 Å². The first-order valence-electron chi connectivity index (χ1n) is 3.56. The summed E-state index contributed by atoms with van der Waals surface area (Å²) in [5, 5.41) is 0. The third kappa shape index (κ3) is 1.44. The van der Waals surface area contributed by atoms with Crippen LogP contribution in [0.1, 0.15) is 20.3 Å². The van der Waals surface area contributed by atoms with Gasteiger partial charge in [0.2, 0.25) is 0 Å². The molecule has 0 aromatic rings. The highest BCUT2D eigenvalue weighted by Crippen LogP contribution is 2.19. The van der Waals surface area contributed by atoms with E-state index in [9.17, 15) is 0 Å². The van der Waals surface area contributed by atoms with Crippen LogP contribution >= 0.6 is 0 Å². The molecule has 0 amide bonds. The molecule has 0 aromatic heterocycles. The third-order valence-corrected chi connectivity index (χ3v) is 1.87. The molecule has 1 radical (unpaired) electrons. The van der Waals surface area contributed by atoms with Crippen molar-refractivity contribution in [3.8, 4) is 0 Å². The number of hydrogen-bond acceptors (Lipinski definition) is 0. The lowest BCUT2D eigenvalue weighted by atomic mass is 10.0. The van der Waals surface area contributed by atoms with Gasteiger partial charge in [0.25, 0.3) is 0 Å². The predicted octanol–water partition coefficient (Wildman–Crippen LogP) is 2.73. The van der Waals surface area contributed by atoms with Crippen LogP contribution in [-0.2, 0) is 0 Å². The summed E-state index contributed by atoms with van der Waals surface area (Å²) in [5.74, 6) is 0.736. The molecule has 0 saturated heterocycles. The van der Waals surface area contributed by atoms with Gasteiger partial charge in [0.1, 0.15) is 0 Å². The molecule has 0 heteroatoms. The van der Waals surface area contributed by atoms with Crippen LogP contribution in [0.3, 0.4) is 0 Å². The van der Waals surface area contributed by atoms with Crippen molar-refractivity contribution >= 4 is 0 Å². The summed E-state index contributed by atoms with van der Waals surface area (Å²) in [6.45, 7) is 4.48. The molecule has 1 aliphatic carbocycles. The van der Waals surface area contributed by atoms with Gasteiger partial charge in [-0.05, 0) is 17.9 Å². The van der Waals surface area contributed by atoms with E-state index >= 15 is 0 Å². The summed E-state index contributed by atoms with van der Waals surface area (Å²) in [7, 11) is 0. The fourth-order valence-electron chi connectivity index (χ4n) is 0.953. The second kappa shape index (κ2) is 2.86. The molecule has 0 spiro atoms. The molecule has 1 aliphatic rings. The Labute approximate surface area is 57.3 Å². The molecule has 0 aromatic carbocycles. The second-order valence-corrected chi connectivity index (χ2v) is 2.53. The molecule has 9 heavy (non-hydrogen) atoms.